The molecule has 1 N–H and O–H groups in total. The van der Waals surface area contributed by atoms with E-state index in [-0.39, 0.29) is 6.61 Å². The molecule has 18 heavy (non-hydrogen) atoms. The molecular formula is C14H12F2O2. The first-order valence-corrected chi connectivity index (χ1v) is 5.43. The summed E-state index contributed by atoms with van der Waals surface area (Å²) in [5.74, 6) is -0.213. The van der Waals surface area contributed by atoms with E-state index in [1.807, 2.05) is 0 Å². The minimum atomic E-state index is -0.456. The summed E-state index contributed by atoms with van der Waals surface area (Å²) in [4.78, 5) is 0. The van der Waals surface area contributed by atoms with E-state index in [9.17, 15) is 8.78 Å². The van der Waals surface area contributed by atoms with Gasteiger partial charge < -0.3 is 9.84 Å². The first kappa shape index (κ1) is 12.5. The highest BCUT2D eigenvalue weighted by molar-refractivity contribution is 5.41. The Hall–Kier alpha value is -1.94. The number of hydrogen-bond donors (Lipinski definition) is 1. The fraction of sp³-hybridized carbons (Fsp3) is 0.143. The van der Waals surface area contributed by atoms with Gasteiger partial charge in [0.15, 0.2) is 0 Å². The van der Waals surface area contributed by atoms with Gasteiger partial charge in [-0.2, -0.15) is 0 Å². The molecule has 94 valence electrons. The number of benzene rings is 2. The van der Waals surface area contributed by atoms with Gasteiger partial charge in [-0.1, -0.05) is 6.07 Å². The predicted molar refractivity (Wildman–Crippen MR) is 63.5 cm³/mol. The molecule has 0 bridgehead atoms. The van der Waals surface area contributed by atoms with Crippen molar-refractivity contribution in [3.8, 4) is 11.5 Å². The standard InChI is InChI=1S/C14H12F2O2/c1-9-2-3-12(16)7-14(9)18-13-5-4-11(15)6-10(13)8-17/h2-7,17H,8H2,1H3. The molecule has 0 aliphatic heterocycles. The van der Waals surface area contributed by atoms with E-state index >= 15 is 0 Å². The van der Waals surface area contributed by atoms with Gasteiger partial charge >= 0.3 is 0 Å². The molecular weight excluding hydrogens is 238 g/mol. The van der Waals surface area contributed by atoms with Crippen LogP contribution in [0, 0.1) is 18.6 Å². The number of aryl methyl sites for hydroxylation is 1. The summed E-state index contributed by atoms with van der Waals surface area (Å²) in [7, 11) is 0. The fourth-order valence-corrected chi connectivity index (χ4v) is 1.57. The summed E-state index contributed by atoms with van der Waals surface area (Å²) < 4.78 is 31.6. The van der Waals surface area contributed by atoms with E-state index in [0.29, 0.717) is 17.1 Å². The summed E-state index contributed by atoms with van der Waals surface area (Å²) >= 11 is 0. The molecule has 0 aliphatic carbocycles. The van der Waals surface area contributed by atoms with Crippen molar-refractivity contribution >= 4 is 0 Å². The maximum absolute atomic E-state index is 13.1. The first-order chi connectivity index (χ1) is 8.60. The lowest BCUT2D eigenvalue weighted by molar-refractivity contribution is 0.275. The molecule has 4 heteroatoms. The van der Waals surface area contributed by atoms with E-state index in [0.717, 1.165) is 5.56 Å². The Morgan fingerprint density at radius 3 is 2.39 bits per heavy atom. The molecule has 2 aromatic carbocycles. The second-order valence-electron chi connectivity index (χ2n) is 3.92. The lowest BCUT2D eigenvalue weighted by Gasteiger charge is -2.11. The predicted octanol–water partition coefficient (Wildman–Crippen LogP) is 3.56. The molecule has 0 aromatic heterocycles. The second-order valence-corrected chi connectivity index (χ2v) is 3.92. The highest BCUT2D eigenvalue weighted by Gasteiger charge is 2.08. The largest absolute Gasteiger partial charge is 0.457 e. The Morgan fingerprint density at radius 1 is 1.00 bits per heavy atom. The van der Waals surface area contributed by atoms with E-state index in [4.69, 9.17) is 9.84 Å². The number of aliphatic hydroxyl groups excluding tert-OH is 1. The van der Waals surface area contributed by atoms with Gasteiger partial charge in [-0.15, -0.1) is 0 Å². The number of hydrogen-bond acceptors (Lipinski definition) is 2. The lowest BCUT2D eigenvalue weighted by Crippen LogP contribution is -1.94. The lowest BCUT2D eigenvalue weighted by atomic mass is 10.2. The quantitative estimate of drug-likeness (QED) is 0.902. The van der Waals surface area contributed by atoms with Crippen LogP contribution in [0.5, 0.6) is 11.5 Å². The smallest absolute Gasteiger partial charge is 0.133 e. The number of ether oxygens (including phenoxy) is 1. The molecule has 2 rings (SSSR count). The molecule has 0 aliphatic rings. The van der Waals surface area contributed by atoms with Crippen LogP contribution < -0.4 is 4.74 Å². The Kier molecular flexibility index (Phi) is 3.58. The number of rotatable bonds is 3. The topological polar surface area (TPSA) is 29.5 Å². The Bertz CT molecular complexity index is 568. The third-order valence-electron chi connectivity index (χ3n) is 2.56. The average molecular weight is 250 g/mol. The third-order valence-corrected chi connectivity index (χ3v) is 2.56. The molecule has 0 spiro atoms. The number of halogens is 2. The van der Waals surface area contributed by atoms with Crippen LogP contribution in [0.2, 0.25) is 0 Å². The van der Waals surface area contributed by atoms with Gasteiger partial charge in [0.2, 0.25) is 0 Å². The zero-order chi connectivity index (χ0) is 13.1. The monoisotopic (exact) mass is 250 g/mol. The van der Waals surface area contributed by atoms with Gasteiger partial charge in [0.25, 0.3) is 0 Å². The Labute approximate surface area is 103 Å². The van der Waals surface area contributed by atoms with Crippen LogP contribution in [0.1, 0.15) is 11.1 Å². The molecule has 0 saturated carbocycles. The van der Waals surface area contributed by atoms with Gasteiger partial charge in [-0.05, 0) is 36.8 Å². The first-order valence-electron chi connectivity index (χ1n) is 5.43. The van der Waals surface area contributed by atoms with Crippen molar-refractivity contribution in [2.24, 2.45) is 0 Å². The van der Waals surface area contributed by atoms with Gasteiger partial charge in [0.05, 0.1) is 6.61 Å². The van der Waals surface area contributed by atoms with Crippen LogP contribution in [0.25, 0.3) is 0 Å². The van der Waals surface area contributed by atoms with Crippen molar-refractivity contribution in [1.82, 2.24) is 0 Å². The molecule has 2 nitrogen and oxygen atoms in total. The van der Waals surface area contributed by atoms with Crippen molar-refractivity contribution in [2.75, 3.05) is 0 Å². The molecule has 0 amide bonds. The van der Waals surface area contributed by atoms with Crippen LogP contribution in [0.15, 0.2) is 36.4 Å². The highest BCUT2D eigenvalue weighted by atomic mass is 19.1. The summed E-state index contributed by atoms with van der Waals surface area (Å²) in [6.45, 7) is 1.43. The van der Waals surface area contributed by atoms with E-state index < -0.39 is 11.6 Å². The summed E-state index contributed by atoms with van der Waals surface area (Å²) in [5.41, 5.74) is 1.07. The average Bonchev–Trinajstić information content (AvgIpc) is 2.36. The van der Waals surface area contributed by atoms with Crippen LogP contribution in [-0.2, 0) is 6.61 Å². The highest BCUT2D eigenvalue weighted by Crippen LogP contribution is 2.29. The Morgan fingerprint density at radius 2 is 1.67 bits per heavy atom. The Balaban J connectivity index is 2.36. The van der Waals surface area contributed by atoms with Crippen molar-refractivity contribution < 1.29 is 18.6 Å². The van der Waals surface area contributed by atoms with Gasteiger partial charge in [-0.3, -0.25) is 0 Å². The van der Waals surface area contributed by atoms with Crippen molar-refractivity contribution in [3.05, 3.63) is 59.2 Å². The summed E-state index contributed by atoms with van der Waals surface area (Å²) in [5, 5.41) is 9.12. The fourth-order valence-electron chi connectivity index (χ4n) is 1.57. The second kappa shape index (κ2) is 5.14. The molecule has 0 radical (unpaired) electrons. The molecule has 0 fully saturated rings. The third kappa shape index (κ3) is 2.65. The van der Waals surface area contributed by atoms with Crippen LogP contribution in [0.3, 0.4) is 0 Å². The van der Waals surface area contributed by atoms with Crippen molar-refractivity contribution in [3.63, 3.8) is 0 Å². The molecule has 0 heterocycles. The van der Waals surface area contributed by atoms with Crippen LogP contribution >= 0.6 is 0 Å². The zero-order valence-electron chi connectivity index (χ0n) is 9.78. The molecule has 0 unspecified atom stereocenters. The SMILES string of the molecule is Cc1ccc(F)cc1Oc1ccc(F)cc1CO. The van der Waals surface area contributed by atoms with Gasteiger partial charge in [-0.25, -0.2) is 8.78 Å². The van der Waals surface area contributed by atoms with Crippen LogP contribution in [0.4, 0.5) is 8.78 Å². The minimum absolute atomic E-state index is 0.313. The van der Waals surface area contributed by atoms with Gasteiger partial charge in [0, 0.05) is 11.6 Å². The minimum Gasteiger partial charge on any atom is -0.457 e. The van der Waals surface area contributed by atoms with E-state index in [1.165, 1.54) is 30.3 Å². The number of aliphatic hydroxyl groups is 1. The summed E-state index contributed by atoms with van der Waals surface area (Å²) in [6, 6.07) is 7.99. The van der Waals surface area contributed by atoms with E-state index in [2.05, 4.69) is 0 Å². The summed E-state index contributed by atoms with van der Waals surface area (Å²) in [6.07, 6.45) is 0. The molecule has 0 saturated heterocycles. The maximum Gasteiger partial charge on any atom is 0.133 e. The normalized spacial score (nSPS) is 10.4. The van der Waals surface area contributed by atoms with E-state index in [1.54, 1.807) is 13.0 Å². The van der Waals surface area contributed by atoms with Gasteiger partial charge in [0.1, 0.15) is 23.1 Å². The van der Waals surface area contributed by atoms with Crippen molar-refractivity contribution in [2.45, 2.75) is 13.5 Å². The van der Waals surface area contributed by atoms with Crippen molar-refractivity contribution in [1.29, 1.82) is 0 Å². The molecule has 2 aromatic rings. The zero-order valence-corrected chi connectivity index (χ0v) is 9.78. The molecule has 0 atom stereocenters. The van der Waals surface area contributed by atoms with Crippen LogP contribution in [-0.4, -0.2) is 5.11 Å². The maximum atomic E-state index is 13.1.